The van der Waals surface area contributed by atoms with Crippen LogP contribution in [0.1, 0.15) is 0 Å². The summed E-state index contributed by atoms with van der Waals surface area (Å²) in [5, 5.41) is 9.42. The number of aromatic nitrogens is 3. The zero-order valence-electron chi connectivity index (χ0n) is 27.7. The van der Waals surface area contributed by atoms with Crippen LogP contribution in [0.15, 0.2) is 168 Å². The molecule has 0 aliphatic heterocycles. The Kier molecular flexibility index (Phi) is 6.39. The summed E-state index contributed by atoms with van der Waals surface area (Å²) in [6.07, 6.45) is 0. The molecular weight excluding hydrogens is 655 g/mol. The number of hydrogen-bond donors (Lipinski definition) is 0. The molecule has 0 aliphatic rings. The summed E-state index contributed by atoms with van der Waals surface area (Å²) in [5.74, 6) is 1.93. The third-order valence-corrected chi connectivity index (χ3v) is 11.3. The highest BCUT2D eigenvalue weighted by atomic mass is 32.1. The largest absolute Gasteiger partial charge is 0.455 e. The number of benzene rings is 8. The van der Waals surface area contributed by atoms with Crippen LogP contribution in [0, 0.1) is 0 Å². The molecule has 0 amide bonds. The van der Waals surface area contributed by atoms with Crippen LogP contribution >= 0.6 is 11.3 Å². The van der Waals surface area contributed by atoms with Gasteiger partial charge in [-0.3, -0.25) is 0 Å². The van der Waals surface area contributed by atoms with Crippen LogP contribution in [0.4, 0.5) is 0 Å². The Balaban J connectivity index is 1.12. The van der Waals surface area contributed by atoms with Gasteiger partial charge in [0.1, 0.15) is 11.2 Å². The summed E-state index contributed by atoms with van der Waals surface area (Å²) in [7, 11) is 0. The second kappa shape index (κ2) is 11.4. The maximum atomic E-state index is 6.90. The van der Waals surface area contributed by atoms with Crippen LogP contribution < -0.4 is 0 Å². The number of hydrogen-bond acceptors (Lipinski definition) is 5. The van der Waals surface area contributed by atoms with Crippen molar-refractivity contribution in [2.75, 3.05) is 0 Å². The van der Waals surface area contributed by atoms with Crippen molar-refractivity contribution in [3.8, 4) is 45.3 Å². The topological polar surface area (TPSA) is 51.8 Å². The molecular formula is C47H27N3OS. The quantitative estimate of drug-likeness (QED) is 0.185. The summed E-state index contributed by atoms with van der Waals surface area (Å²) in [5.41, 5.74) is 6.91. The van der Waals surface area contributed by atoms with Crippen LogP contribution in [0.3, 0.4) is 0 Å². The molecule has 0 N–H and O–H groups in total. The first-order valence-corrected chi connectivity index (χ1v) is 18.2. The SMILES string of the molecule is c1ccc(-c2nc(-c3ccccc3)nc(-c3ccc(-c4ccc5c(c4)oc4c5c5ccccc5c5sc6ccccc6c45)c4ccccc34)n2)cc1. The molecule has 11 rings (SSSR count). The Morgan fingerprint density at radius 3 is 1.65 bits per heavy atom. The summed E-state index contributed by atoms with van der Waals surface area (Å²) in [6, 6.07) is 57.1. The van der Waals surface area contributed by atoms with Crippen LogP contribution in [0.2, 0.25) is 0 Å². The van der Waals surface area contributed by atoms with E-state index in [4.69, 9.17) is 19.4 Å². The van der Waals surface area contributed by atoms with Crippen molar-refractivity contribution in [3.05, 3.63) is 164 Å². The lowest BCUT2D eigenvalue weighted by Gasteiger charge is -2.13. The first-order valence-electron chi connectivity index (χ1n) is 17.4. The number of fused-ring (bicyclic) bond motifs is 11. The van der Waals surface area contributed by atoms with Gasteiger partial charge in [-0.1, -0.05) is 140 Å². The molecule has 0 spiro atoms. The van der Waals surface area contributed by atoms with E-state index in [-0.39, 0.29) is 0 Å². The van der Waals surface area contributed by atoms with Gasteiger partial charge in [0.2, 0.25) is 0 Å². The van der Waals surface area contributed by atoms with E-state index in [0.717, 1.165) is 55.1 Å². The van der Waals surface area contributed by atoms with Gasteiger partial charge in [-0.2, -0.15) is 0 Å². The molecule has 0 fully saturated rings. The molecule has 3 heterocycles. The Hall–Kier alpha value is -6.69. The van der Waals surface area contributed by atoms with E-state index in [0.29, 0.717) is 17.5 Å². The average molecular weight is 682 g/mol. The second-order valence-electron chi connectivity index (χ2n) is 13.1. The van der Waals surface area contributed by atoms with E-state index < -0.39 is 0 Å². The molecule has 0 unspecified atom stereocenters. The molecule has 0 aliphatic carbocycles. The van der Waals surface area contributed by atoms with Crippen molar-refractivity contribution in [2.24, 2.45) is 0 Å². The fraction of sp³-hybridized carbons (Fsp3) is 0. The van der Waals surface area contributed by atoms with Crippen molar-refractivity contribution in [1.29, 1.82) is 0 Å². The molecule has 11 aromatic rings. The number of nitrogens with zero attached hydrogens (tertiary/aromatic N) is 3. The molecule has 4 nitrogen and oxygen atoms in total. The summed E-state index contributed by atoms with van der Waals surface area (Å²) >= 11 is 1.84. The minimum Gasteiger partial charge on any atom is -0.455 e. The highest BCUT2D eigenvalue weighted by Gasteiger charge is 2.21. The zero-order chi connectivity index (χ0) is 34.2. The van der Waals surface area contributed by atoms with Crippen LogP contribution in [-0.2, 0) is 0 Å². The second-order valence-corrected chi connectivity index (χ2v) is 14.2. The number of furan rings is 1. The first kappa shape index (κ1) is 29.1. The molecule has 242 valence electrons. The predicted octanol–water partition coefficient (Wildman–Crippen LogP) is 13.1. The van der Waals surface area contributed by atoms with Gasteiger partial charge >= 0.3 is 0 Å². The van der Waals surface area contributed by atoms with Crippen molar-refractivity contribution in [3.63, 3.8) is 0 Å². The fourth-order valence-electron chi connectivity index (χ4n) is 7.74. The molecule has 0 saturated carbocycles. The van der Waals surface area contributed by atoms with Gasteiger partial charge in [0, 0.05) is 53.0 Å². The smallest absolute Gasteiger partial charge is 0.164 e. The molecule has 3 aromatic heterocycles. The lowest BCUT2D eigenvalue weighted by atomic mass is 9.93. The highest BCUT2D eigenvalue weighted by Crippen LogP contribution is 2.47. The number of thiophene rings is 1. The number of rotatable bonds is 4. The molecule has 5 heteroatoms. The van der Waals surface area contributed by atoms with Gasteiger partial charge in [-0.15, -0.1) is 11.3 Å². The summed E-state index contributed by atoms with van der Waals surface area (Å²) in [6.45, 7) is 0. The van der Waals surface area contributed by atoms with E-state index in [9.17, 15) is 0 Å². The monoisotopic (exact) mass is 681 g/mol. The van der Waals surface area contributed by atoms with Gasteiger partial charge in [0.15, 0.2) is 17.5 Å². The maximum absolute atomic E-state index is 6.90. The lowest BCUT2D eigenvalue weighted by Crippen LogP contribution is -2.00. The van der Waals surface area contributed by atoms with Crippen molar-refractivity contribution < 1.29 is 4.42 Å². The lowest BCUT2D eigenvalue weighted by molar-refractivity contribution is 0.673. The zero-order valence-corrected chi connectivity index (χ0v) is 28.6. The standard InChI is InChI=1S/C47H27N3OS/c1-3-13-28(14-4-1)45-48-46(29-15-5-2-6-16-29)50-47(49-45)36-26-25-31(32-17-7-8-18-33(32)36)30-23-24-37-39(27-30)51-43-41(37)34-19-9-10-20-35(34)44-42(43)38-21-11-12-22-40(38)52-44/h1-27H. The van der Waals surface area contributed by atoms with Crippen LogP contribution in [0.25, 0.3) is 109 Å². The molecule has 0 saturated heterocycles. The van der Waals surface area contributed by atoms with Crippen LogP contribution in [0.5, 0.6) is 0 Å². The van der Waals surface area contributed by atoms with Gasteiger partial charge < -0.3 is 4.42 Å². The van der Waals surface area contributed by atoms with Crippen molar-refractivity contribution >= 4 is 75.0 Å². The Bertz CT molecular complexity index is 3120. The van der Waals surface area contributed by atoms with E-state index in [2.05, 4.69) is 103 Å². The average Bonchev–Trinajstić information content (AvgIpc) is 3.80. The van der Waals surface area contributed by atoms with Crippen LogP contribution in [-0.4, -0.2) is 15.0 Å². The minimum absolute atomic E-state index is 0.641. The van der Waals surface area contributed by atoms with Gasteiger partial charge in [0.05, 0.1) is 0 Å². The Labute approximate surface area is 302 Å². The predicted molar refractivity (Wildman–Crippen MR) is 217 cm³/mol. The van der Waals surface area contributed by atoms with E-state index in [1.807, 2.05) is 72.0 Å². The Morgan fingerprint density at radius 1 is 0.385 bits per heavy atom. The minimum atomic E-state index is 0.641. The molecule has 0 atom stereocenters. The molecule has 0 bridgehead atoms. The Morgan fingerprint density at radius 2 is 0.942 bits per heavy atom. The van der Waals surface area contributed by atoms with Gasteiger partial charge in [-0.05, 0) is 51.6 Å². The summed E-state index contributed by atoms with van der Waals surface area (Å²) < 4.78 is 9.44. The highest BCUT2D eigenvalue weighted by molar-refractivity contribution is 7.27. The molecule has 8 aromatic carbocycles. The maximum Gasteiger partial charge on any atom is 0.164 e. The van der Waals surface area contributed by atoms with E-state index in [1.54, 1.807) is 0 Å². The molecule has 52 heavy (non-hydrogen) atoms. The van der Waals surface area contributed by atoms with Gasteiger partial charge in [0.25, 0.3) is 0 Å². The first-order chi connectivity index (χ1) is 25.8. The summed E-state index contributed by atoms with van der Waals surface area (Å²) in [4.78, 5) is 15.0. The fourth-order valence-corrected chi connectivity index (χ4v) is 8.98. The van der Waals surface area contributed by atoms with E-state index >= 15 is 0 Å². The third-order valence-electron chi connectivity index (χ3n) is 10.1. The van der Waals surface area contributed by atoms with Crippen molar-refractivity contribution in [2.45, 2.75) is 0 Å². The molecule has 0 radical (unpaired) electrons. The van der Waals surface area contributed by atoms with Gasteiger partial charge in [-0.25, -0.2) is 15.0 Å². The third kappa shape index (κ3) is 4.43. The normalized spacial score (nSPS) is 11.8. The van der Waals surface area contributed by atoms with E-state index in [1.165, 1.54) is 36.3 Å². The van der Waals surface area contributed by atoms with Crippen molar-refractivity contribution in [1.82, 2.24) is 15.0 Å².